The third-order valence-electron chi connectivity index (χ3n) is 6.50. The minimum absolute atomic E-state index is 0. The average Bonchev–Trinajstić information content (AvgIpc) is 3.23. The number of nitrogens with zero attached hydrogens (tertiary/aromatic N) is 3. The maximum Gasteiger partial charge on any atom is 0.191 e. The van der Waals surface area contributed by atoms with Gasteiger partial charge in [0.15, 0.2) is 5.96 Å². The van der Waals surface area contributed by atoms with Gasteiger partial charge >= 0.3 is 0 Å². The predicted octanol–water partition coefficient (Wildman–Crippen LogP) is 3.66. The molecular formula is C22H40IN5S. The van der Waals surface area contributed by atoms with Crippen LogP contribution in [0.15, 0.2) is 22.5 Å². The van der Waals surface area contributed by atoms with Crippen molar-refractivity contribution in [3.63, 3.8) is 0 Å². The number of thiophene rings is 1. The maximum atomic E-state index is 4.50. The molecule has 0 saturated carbocycles. The van der Waals surface area contributed by atoms with Gasteiger partial charge in [-0.15, -0.1) is 35.3 Å². The summed E-state index contributed by atoms with van der Waals surface area (Å²) in [5, 5.41) is 9.42. The molecule has 0 radical (unpaired) electrons. The molecule has 5 nitrogen and oxygen atoms in total. The Morgan fingerprint density at radius 3 is 2.52 bits per heavy atom. The van der Waals surface area contributed by atoms with Crippen LogP contribution in [0.1, 0.15) is 43.9 Å². The van der Waals surface area contributed by atoms with Crippen molar-refractivity contribution in [2.45, 2.75) is 51.0 Å². The summed E-state index contributed by atoms with van der Waals surface area (Å²) in [6, 6.07) is 4.37. The number of hydrogen-bond acceptors (Lipinski definition) is 4. The SMILES string of the molecule is CN=C(NCC(C)Cc1cccs1)NCC1(N2CCCCC2)CCN(C)CC1.I. The van der Waals surface area contributed by atoms with Gasteiger partial charge < -0.3 is 15.5 Å². The van der Waals surface area contributed by atoms with Crippen molar-refractivity contribution in [1.29, 1.82) is 0 Å². The summed E-state index contributed by atoms with van der Waals surface area (Å²) >= 11 is 1.85. The number of piperidine rings is 2. The zero-order valence-electron chi connectivity index (χ0n) is 18.5. The third kappa shape index (κ3) is 7.36. The molecule has 1 atom stereocenters. The van der Waals surface area contributed by atoms with E-state index in [9.17, 15) is 0 Å². The van der Waals surface area contributed by atoms with E-state index in [0.717, 1.165) is 25.5 Å². The summed E-state index contributed by atoms with van der Waals surface area (Å²) in [7, 11) is 4.14. The lowest BCUT2D eigenvalue weighted by atomic mass is 9.84. The molecule has 1 unspecified atom stereocenters. The van der Waals surface area contributed by atoms with Crippen LogP contribution in [0.4, 0.5) is 0 Å². The summed E-state index contributed by atoms with van der Waals surface area (Å²) in [6.07, 6.45) is 7.73. The standard InChI is InChI=1S/C22H39N5S.HI/c1-19(16-20-8-7-15-28-20)17-24-21(23-2)25-18-22(9-13-26(3)14-10-22)27-11-5-4-6-12-27;/h7-8,15,19H,4-6,9-14,16-18H2,1-3H3,(H2,23,24,25);1H. The van der Waals surface area contributed by atoms with E-state index in [4.69, 9.17) is 0 Å². The van der Waals surface area contributed by atoms with Crippen molar-refractivity contribution in [2.75, 3.05) is 53.4 Å². The number of rotatable bonds is 7. The van der Waals surface area contributed by atoms with Gasteiger partial charge in [-0.1, -0.05) is 19.4 Å². The fraction of sp³-hybridized carbons (Fsp3) is 0.773. The molecule has 0 amide bonds. The minimum atomic E-state index is 0. The Labute approximate surface area is 198 Å². The van der Waals surface area contributed by atoms with Crippen LogP contribution >= 0.6 is 35.3 Å². The molecule has 0 bridgehead atoms. The fourth-order valence-electron chi connectivity index (χ4n) is 4.59. The predicted molar refractivity (Wildman–Crippen MR) is 137 cm³/mol. The molecule has 29 heavy (non-hydrogen) atoms. The Balaban J connectivity index is 0.00000300. The average molecular weight is 534 g/mol. The van der Waals surface area contributed by atoms with Crippen molar-refractivity contribution in [3.8, 4) is 0 Å². The molecule has 2 saturated heterocycles. The molecule has 1 aromatic rings. The van der Waals surface area contributed by atoms with Crippen molar-refractivity contribution in [2.24, 2.45) is 10.9 Å². The molecule has 166 valence electrons. The first-order chi connectivity index (χ1) is 13.6. The van der Waals surface area contributed by atoms with Gasteiger partial charge in [0.05, 0.1) is 0 Å². The van der Waals surface area contributed by atoms with Crippen molar-refractivity contribution >= 4 is 41.3 Å². The van der Waals surface area contributed by atoms with Crippen LogP contribution in [0.3, 0.4) is 0 Å². The highest BCUT2D eigenvalue weighted by Crippen LogP contribution is 2.30. The van der Waals surface area contributed by atoms with Crippen molar-refractivity contribution < 1.29 is 0 Å². The van der Waals surface area contributed by atoms with E-state index < -0.39 is 0 Å². The fourth-order valence-corrected chi connectivity index (χ4v) is 5.46. The minimum Gasteiger partial charge on any atom is -0.356 e. The van der Waals surface area contributed by atoms with Crippen LogP contribution < -0.4 is 10.6 Å². The first-order valence-corrected chi connectivity index (χ1v) is 11.9. The lowest BCUT2D eigenvalue weighted by Gasteiger charge is -2.50. The second kappa shape index (κ2) is 12.5. The number of halogens is 1. The van der Waals surface area contributed by atoms with Gasteiger partial charge in [-0.25, -0.2) is 0 Å². The molecule has 0 aromatic carbocycles. The topological polar surface area (TPSA) is 42.9 Å². The molecule has 3 rings (SSSR count). The Hall–Kier alpha value is -0.380. The van der Waals surface area contributed by atoms with E-state index in [2.05, 4.69) is 56.9 Å². The Kier molecular flexibility index (Phi) is 10.7. The summed E-state index contributed by atoms with van der Waals surface area (Å²) in [6.45, 7) is 9.18. The smallest absolute Gasteiger partial charge is 0.191 e. The highest BCUT2D eigenvalue weighted by molar-refractivity contribution is 14.0. The Morgan fingerprint density at radius 1 is 1.17 bits per heavy atom. The zero-order valence-corrected chi connectivity index (χ0v) is 21.6. The van der Waals surface area contributed by atoms with Gasteiger partial charge in [0, 0.05) is 30.6 Å². The van der Waals surface area contributed by atoms with Gasteiger partial charge in [-0.3, -0.25) is 9.89 Å². The van der Waals surface area contributed by atoms with Gasteiger partial charge in [0.2, 0.25) is 0 Å². The first-order valence-electron chi connectivity index (χ1n) is 11.0. The van der Waals surface area contributed by atoms with Crippen LogP contribution in [-0.2, 0) is 6.42 Å². The number of aliphatic imine (C=N–C) groups is 1. The molecule has 2 N–H and O–H groups in total. The number of guanidine groups is 1. The monoisotopic (exact) mass is 533 g/mol. The molecular weight excluding hydrogens is 493 g/mol. The summed E-state index contributed by atoms with van der Waals surface area (Å²) < 4.78 is 0. The quantitative estimate of drug-likeness (QED) is 0.319. The molecule has 0 aliphatic carbocycles. The maximum absolute atomic E-state index is 4.50. The molecule has 0 spiro atoms. The van der Waals surface area contributed by atoms with Crippen LogP contribution in [0, 0.1) is 5.92 Å². The van der Waals surface area contributed by atoms with Gasteiger partial charge in [0.25, 0.3) is 0 Å². The van der Waals surface area contributed by atoms with Crippen molar-refractivity contribution in [1.82, 2.24) is 20.4 Å². The molecule has 7 heteroatoms. The van der Waals surface area contributed by atoms with Crippen LogP contribution in [0.5, 0.6) is 0 Å². The van der Waals surface area contributed by atoms with Gasteiger partial charge in [-0.2, -0.15) is 0 Å². The second-order valence-corrected chi connectivity index (χ2v) is 9.80. The summed E-state index contributed by atoms with van der Waals surface area (Å²) in [5.41, 5.74) is 0.285. The molecule has 3 heterocycles. The largest absolute Gasteiger partial charge is 0.356 e. The molecule has 2 fully saturated rings. The lowest BCUT2D eigenvalue weighted by Crippen LogP contribution is -2.62. The zero-order chi connectivity index (χ0) is 19.8. The van der Waals surface area contributed by atoms with E-state index in [-0.39, 0.29) is 29.5 Å². The molecule has 2 aliphatic rings. The normalized spacial score (nSPS) is 22.0. The van der Waals surface area contributed by atoms with E-state index in [1.807, 2.05) is 18.4 Å². The van der Waals surface area contributed by atoms with Gasteiger partial charge in [-0.05, 0) is 82.7 Å². The van der Waals surface area contributed by atoms with E-state index in [1.54, 1.807) is 0 Å². The van der Waals surface area contributed by atoms with Crippen LogP contribution in [0.2, 0.25) is 0 Å². The van der Waals surface area contributed by atoms with E-state index >= 15 is 0 Å². The second-order valence-electron chi connectivity index (χ2n) is 8.77. The number of hydrogen-bond donors (Lipinski definition) is 2. The Morgan fingerprint density at radius 2 is 1.90 bits per heavy atom. The Bertz CT molecular complexity index is 592. The van der Waals surface area contributed by atoms with E-state index in [1.165, 1.54) is 63.2 Å². The highest BCUT2D eigenvalue weighted by Gasteiger charge is 2.39. The first kappa shape index (κ1) is 24.9. The van der Waals surface area contributed by atoms with Gasteiger partial charge in [0.1, 0.15) is 0 Å². The van der Waals surface area contributed by atoms with Crippen LogP contribution in [-0.4, -0.2) is 74.7 Å². The number of nitrogens with one attached hydrogen (secondary N) is 2. The van der Waals surface area contributed by atoms with E-state index in [0.29, 0.717) is 5.92 Å². The third-order valence-corrected chi connectivity index (χ3v) is 7.40. The molecule has 1 aromatic heterocycles. The van der Waals surface area contributed by atoms with Crippen molar-refractivity contribution in [3.05, 3.63) is 22.4 Å². The number of likely N-dealkylation sites (tertiary alicyclic amines) is 2. The summed E-state index contributed by atoms with van der Waals surface area (Å²) in [4.78, 5) is 11.2. The van der Waals surface area contributed by atoms with Crippen LogP contribution in [0.25, 0.3) is 0 Å². The lowest BCUT2D eigenvalue weighted by molar-refractivity contribution is 0.0173. The highest BCUT2D eigenvalue weighted by atomic mass is 127. The molecule has 2 aliphatic heterocycles. The summed E-state index contributed by atoms with van der Waals surface area (Å²) in [5.74, 6) is 1.55.